The summed E-state index contributed by atoms with van der Waals surface area (Å²) in [7, 11) is 1.99. The van der Waals surface area contributed by atoms with Crippen LogP contribution in [0.2, 0.25) is 0 Å². The summed E-state index contributed by atoms with van der Waals surface area (Å²) in [5.41, 5.74) is 1.18. The van der Waals surface area contributed by atoms with Crippen molar-refractivity contribution in [2.75, 3.05) is 12.8 Å². The summed E-state index contributed by atoms with van der Waals surface area (Å²) in [6.07, 6.45) is 3.86. The zero-order chi connectivity index (χ0) is 14.5. The molecule has 0 spiro atoms. The van der Waals surface area contributed by atoms with Gasteiger partial charge in [0.1, 0.15) is 5.75 Å². The van der Waals surface area contributed by atoms with Gasteiger partial charge in [-0.2, -0.15) is 11.8 Å². The second-order valence-corrected chi connectivity index (χ2v) is 7.73. The molecule has 4 heteroatoms. The van der Waals surface area contributed by atoms with E-state index in [4.69, 9.17) is 4.74 Å². The molecule has 0 amide bonds. The topological polar surface area (TPSA) is 34.2 Å². The number of nitrogens with zero attached hydrogens (tertiary/aromatic N) is 1. The molecule has 1 aromatic heterocycles. The van der Waals surface area contributed by atoms with Crippen LogP contribution in [0.4, 0.5) is 0 Å². The molecule has 0 aromatic carbocycles. The molecule has 0 saturated heterocycles. The largest absolute Gasteiger partial charge is 0.489 e. The summed E-state index contributed by atoms with van der Waals surface area (Å²) >= 11 is 1.95. The van der Waals surface area contributed by atoms with Crippen LogP contribution >= 0.6 is 11.8 Å². The van der Waals surface area contributed by atoms with Gasteiger partial charge in [-0.15, -0.1) is 0 Å². The molecule has 0 saturated carbocycles. The van der Waals surface area contributed by atoms with Crippen molar-refractivity contribution in [3.8, 4) is 5.75 Å². The molecular weight excluding hydrogens is 256 g/mol. The Labute approximate surface area is 121 Å². The van der Waals surface area contributed by atoms with Crippen LogP contribution in [0.15, 0.2) is 18.5 Å². The molecule has 1 N–H and O–H groups in total. The van der Waals surface area contributed by atoms with Gasteiger partial charge in [-0.1, -0.05) is 20.8 Å². The quantitative estimate of drug-likeness (QED) is 0.863. The first-order valence-corrected chi connectivity index (χ1v) is 7.73. The summed E-state index contributed by atoms with van der Waals surface area (Å²) in [6, 6.07) is 2.38. The minimum atomic E-state index is 0.175. The van der Waals surface area contributed by atoms with Crippen molar-refractivity contribution in [3.05, 3.63) is 24.0 Å². The molecule has 3 nitrogen and oxygen atoms in total. The Kier molecular flexibility index (Phi) is 6.14. The van der Waals surface area contributed by atoms with E-state index in [0.717, 1.165) is 11.5 Å². The number of hydrogen-bond donors (Lipinski definition) is 1. The Balaban J connectivity index is 2.75. The van der Waals surface area contributed by atoms with Crippen LogP contribution in [0, 0.1) is 0 Å². The highest BCUT2D eigenvalue weighted by Gasteiger charge is 2.16. The van der Waals surface area contributed by atoms with E-state index in [-0.39, 0.29) is 10.9 Å². The lowest BCUT2D eigenvalue weighted by atomic mass is 10.1. The van der Waals surface area contributed by atoms with E-state index in [0.29, 0.717) is 6.04 Å². The molecular formula is C15H26N2OS. The van der Waals surface area contributed by atoms with Gasteiger partial charge in [-0.3, -0.25) is 4.98 Å². The van der Waals surface area contributed by atoms with E-state index < -0.39 is 0 Å². The third-order valence-electron chi connectivity index (χ3n) is 2.54. The summed E-state index contributed by atoms with van der Waals surface area (Å²) < 4.78 is 5.97. The zero-order valence-corrected chi connectivity index (χ0v) is 13.7. The van der Waals surface area contributed by atoms with Crippen LogP contribution in [-0.4, -0.2) is 28.6 Å². The molecule has 0 aliphatic heterocycles. The fourth-order valence-electron chi connectivity index (χ4n) is 1.64. The minimum Gasteiger partial charge on any atom is -0.489 e. The molecule has 1 rings (SSSR count). The maximum atomic E-state index is 5.70. The first-order chi connectivity index (χ1) is 8.81. The van der Waals surface area contributed by atoms with Crippen molar-refractivity contribution in [1.82, 2.24) is 10.3 Å². The average molecular weight is 282 g/mol. The molecule has 0 bridgehead atoms. The van der Waals surface area contributed by atoms with Crippen LogP contribution in [0.3, 0.4) is 0 Å². The molecule has 1 atom stereocenters. The lowest BCUT2D eigenvalue weighted by Gasteiger charge is -2.23. The minimum absolute atomic E-state index is 0.175. The number of nitrogens with one attached hydrogen (secondary N) is 1. The van der Waals surface area contributed by atoms with E-state index in [2.05, 4.69) is 37.1 Å². The average Bonchev–Trinajstić information content (AvgIpc) is 2.28. The van der Waals surface area contributed by atoms with Gasteiger partial charge in [0.15, 0.2) is 0 Å². The van der Waals surface area contributed by atoms with Crippen molar-refractivity contribution < 1.29 is 4.74 Å². The van der Waals surface area contributed by atoms with Crippen LogP contribution in [0.1, 0.15) is 46.2 Å². The van der Waals surface area contributed by atoms with Crippen molar-refractivity contribution in [1.29, 1.82) is 0 Å². The summed E-state index contributed by atoms with van der Waals surface area (Å²) in [5.74, 6) is 1.86. The molecule has 1 unspecified atom stereocenters. The second kappa shape index (κ2) is 7.15. The normalized spacial score (nSPS) is 13.6. The van der Waals surface area contributed by atoms with E-state index in [1.807, 2.05) is 38.9 Å². The predicted molar refractivity (Wildman–Crippen MR) is 84.0 cm³/mol. The van der Waals surface area contributed by atoms with Crippen LogP contribution < -0.4 is 10.1 Å². The van der Waals surface area contributed by atoms with Gasteiger partial charge in [0.2, 0.25) is 0 Å². The zero-order valence-electron chi connectivity index (χ0n) is 12.9. The van der Waals surface area contributed by atoms with Gasteiger partial charge in [-0.05, 0) is 32.5 Å². The highest BCUT2D eigenvalue weighted by molar-refractivity contribution is 8.00. The monoisotopic (exact) mass is 282 g/mol. The second-order valence-electron chi connectivity index (χ2n) is 5.89. The van der Waals surface area contributed by atoms with Crippen molar-refractivity contribution in [2.45, 2.75) is 51.5 Å². The number of thioether (sulfide) groups is 1. The number of pyridine rings is 1. The van der Waals surface area contributed by atoms with Gasteiger partial charge in [0.25, 0.3) is 0 Å². The summed E-state index contributed by atoms with van der Waals surface area (Å²) in [6.45, 7) is 10.8. The Hall–Kier alpha value is -0.740. The van der Waals surface area contributed by atoms with Crippen LogP contribution in [0.25, 0.3) is 0 Å². The lowest BCUT2D eigenvalue weighted by Crippen LogP contribution is -2.22. The first-order valence-electron chi connectivity index (χ1n) is 6.74. The smallest absolute Gasteiger partial charge is 0.138 e. The molecule has 19 heavy (non-hydrogen) atoms. The number of hydrogen-bond acceptors (Lipinski definition) is 4. The number of rotatable bonds is 6. The molecule has 0 fully saturated rings. The van der Waals surface area contributed by atoms with Crippen LogP contribution in [-0.2, 0) is 0 Å². The Morgan fingerprint density at radius 2 is 2.00 bits per heavy atom. The number of ether oxygens (including phenoxy) is 1. The maximum Gasteiger partial charge on any atom is 0.138 e. The molecule has 1 heterocycles. The third-order valence-corrected chi connectivity index (χ3v) is 3.91. The lowest BCUT2D eigenvalue weighted by molar-refractivity contribution is 0.241. The van der Waals surface area contributed by atoms with Gasteiger partial charge in [0.05, 0.1) is 12.3 Å². The molecule has 0 aliphatic carbocycles. The molecule has 1 aromatic rings. The van der Waals surface area contributed by atoms with Crippen molar-refractivity contribution in [3.63, 3.8) is 0 Å². The van der Waals surface area contributed by atoms with Crippen molar-refractivity contribution in [2.24, 2.45) is 0 Å². The Morgan fingerprint density at radius 1 is 1.32 bits per heavy atom. The van der Waals surface area contributed by atoms with Crippen molar-refractivity contribution >= 4 is 11.8 Å². The standard InChI is InChI=1S/C15H26N2OS/c1-11(2)18-13-7-12(8-17-9-13)14(16-6)10-19-15(3,4)5/h7-9,11,14,16H,10H2,1-6H3. The maximum absolute atomic E-state index is 5.70. The Morgan fingerprint density at radius 3 is 2.53 bits per heavy atom. The van der Waals surface area contributed by atoms with E-state index >= 15 is 0 Å². The van der Waals surface area contributed by atoms with Gasteiger partial charge < -0.3 is 10.1 Å². The summed E-state index contributed by atoms with van der Waals surface area (Å²) in [5, 5.41) is 3.36. The van der Waals surface area contributed by atoms with Crippen LogP contribution in [0.5, 0.6) is 5.75 Å². The summed E-state index contributed by atoms with van der Waals surface area (Å²) in [4.78, 5) is 4.28. The molecule has 0 aliphatic rings. The SMILES string of the molecule is CNC(CSC(C)(C)C)c1cncc(OC(C)C)c1. The Bertz CT molecular complexity index is 388. The predicted octanol–water partition coefficient (Wildman–Crippen LogP) is 3.66. The third kappa shape index (κ3) is 6.30. The van der Waals surface area contributed by atoms with E-state index in [1.165, 1.54) is 5.56 Å². The van der Waals surface area contributed by atoms with E-state index in [9.17, 15) is 0 Å². The molecule has 108 valence electrons. The highest BCUT2D eigenvalue weighted by atomic mass is 32.2. The van der Waals surface area contributed by atoms with E-state index in [1.54, 1.807) is 6.20 Å². The van der Waals surface area contributed by atoms with Gasteiger partial charge >= 0.3 is 0 Å². The fourth-order valence-corrected chi connectivity index (χ4v) is 2.67. The number of aromatic nitrogens is 1. The fraction of sp³-hybridized carbons (Fsp3) is 0.667. The highest BCUT2D eigenvalue weighted by Crippen LogP contribution is 2.29. The molecule has 0 radical (unpaired) electrons. The van der Waals surface area contributed by atoms with Gasteiger partial charge in [-0.25, -0.2) is 0 Å². The van der Waals surface area contributed by atoms with Gasteiger partial charge in [0, 0.05) is 22.7 Å². The first kappa shape index (κ1) is 16.3.